The summed E-state index contributed by atoms with van der Waals surface area (Å²) in [6, 6.07) is -0.813. The highest BCUT2D eigenvalue weighted by Gasteiger charge is 2.38. The lowest BCUT2D eigenvalue weighted by Crippen LogP contribution is -2.47. The van der Waals surface area contributed by atoms with Crippen LogP contribution in [0.25, 0.3) is 0 Å². The van der Waals surface area contributed by atoms with Crippen molar-refractivity contribution in [2.45, 2.75) is 50.7 Å². The maximum absolute atomic E-state index is 12.3. The molecule has 0 radical (unpaired) electrons. The van der Waals surface area contributed by atoms with E-state index in [1.807, 2.05) is 0 Å². The number of halogens is 3. The zero-order chi connectivity index (χ0) is 24.3. The zero-order valence-corrected chi connectivity index (χ0v) is 17.5. The van der Waals surface area contributed by atoms with Gasteiger partial charge in [0.15, 0.2) is 0 Å². The summed E-state index contributed by atoms with van der Waals surface area (Å²) in [5, 5.41) is 21.7. The second-order valence-electron chi connectivity index (χ2n) is 7.72. The number of carboxylic acids is 2. The molecule has 2 aliphatic rings. The van der Waals surface area contributed by atoms with Gasteiger partial charge in [-0.2, -0.15) is 13.2 Å². The van der Waals surface area contributed by atoms with Gasteiger partial charge >= 0.3 is 18.1 Å². The molecule has 0 saturated carbocycles. The van der Waals surface area contributed by atoms with Crippen LogP contribution >= 0.6 is 0 Å². The Labute approximate surface area is 183 Å². The lowest BCUT2D eigenvalue weighted by atomic mass is 9.94. The van der Waals surface area contributed by atoms with Crippen molar-refractivity contribution in [3.8, 4) is 12.3 Å². The Morgan fingerprint density at radius 2 is 1.84 bits per heavy atom. The van der Waals surface area contributed by atoms with E-state index in [-0.39, 0.29) is 24.2 Å². The third-order valence-corrected chi connectivity index (χ3v) is 5.15. The van der Waals surface area contributed by atoms with E-state index in [0.717, 1.165) is 32.4 Å². The number of carbonyl (C=O) groups excluding carboxylic acids is 2. The number of amides is 2. The van der Waals surface area contributed by atoms with Crippen molar-refractivity contribution in [1.82, 2.24) is 15.5 Å². The number of terminal acetylenes is 1. The number of nitrogens with zero attached hydrogens (tertiary/aromatic N) is 1. The molecule has 32 heavy (non-hydrogen) atoms. The number of alkyl halides is 3. The number of piperidine rings is 1. The first-order valence-electron chi connectivity index (χ1n) is 10.2. The van der Waals surface area contributed by atoms with Crippen LogP contribution in [0.2, 0.25) is 0 Å². The normalized spacial score (nSPS) is 19.4. The SMILES string of the molecule is C#C[C@H](CC(=O)O)NC(=O)[C@@H]1CCCN(C(=O)CCCC2CNC2)C1.O=C(O)C(F)(F)F. The molecule has 2 saturated heterocycles. The van der Waals surface area contributed by atoms with Crippen LogP contribution < -0.4 is 10.6 Å². The molecule has 2 fully saturated rings. The minimum absolute atomic E-state index is 0.101. The van der Waals surface area contributed by atoms with Gasteiger partial charge in [-0.1, -0.05) is 5.92 Å². The van der Waals surface area contributed by atoms with Gasteiger partial charge in [-0.15, -0.1) is 6.42 Å². The first kappa shape index (κ1) is 27.2. The molecule has 0 aromatic carbocycles. The molecule has 12 heteroatoms. The zero-order valence-electron chi connectivity index (χ0n) is 17.5. The molecule has 0 aromatic heterocycles. The fourth-order valence-electron chi connectivity index (χ4n) is 3.29. The predicted molar refractivity (Wildman–Crippen MR) is 106 cm³/mol. The van der Waals surface area contributed by atoms with Crippen molar-refractivity contribution in [3.63, 3.8) is 0 Å². The van der Waals surface area contributed by atoms with E-state index in [1.54, 1.807) is 4.90 Å². The Morgan fingerprint density at radius 3 is 2.31 bits per heavy atom. The molecule has 2 atom stereocenters. The minimum Gasteiger partial charge on any atom is -0.481 e. The van der Waals surface area contributed by atoms with Gasteiger partial charge in [0.05, 0.1) is 12.3 Å². The largest absolute Gasteiger partial charge is 0.490 e. The second-order valence-corrected chi connectivity index (χ2v) is 7.72. The predicted octanol–water partition coefficient (Wildman–Crippen LogP) is 0.841. The third-order valence-electron chi connectivity index (χ3n) is 5.15. The first-order chi connectivity index (χ1) is 14.9. The van der Waals surface area contributed by atoms with Crippen molar-refractivity contribution in [1.29, 1.82) is 0 Å². The highest BCUT2D eigenvalue weighted by atomic mass is 19.4. The fourth-order valence-corrected chi connectivity index (χ4v) is 3.29. The van der Waals surface area contributed by atoms with E-state index in [1.165, 1.54) is 0 Å². The lowest BCUT2D eigenvalue weighted by Gasteiger charge is -2.33. The number of aliphatic carboxylic acids is 2. The van der Waals surface area contributed by atoms with Crippen molar-refractivity contribution >= 4 is 23.8 Å². The van der Waals surface area contributed by atoms with Crippen LogP contribution in [0.1, 0.15) is 38.5 Å². The number of likely N-dealkylation sites (tertiary alicyclic amines) is 1. The molecule has 2 rings (SSSR count). The fraction of sp³-hybridized carbons (Fsp3) is 0.700. The van der Waals surface area contributed by atoms with Gasteiger partial charge in [-0.05, 0) is 44.7 Å². The molecule has 2 heterocycles. The summed E-state index contributed by atoms with van der Waals surface area (Å²) in [6.07, 6.45) is 3.83. The monoisotopic (exact) mass is 463 g/mol. The van der Waals surface area contributed by atoms with Crippen LogP contribution in [0.3, 0.4) is 0 Å². The maximum Gasteiger partial charge on any atom is 0.490 e. The Bertz CT molecular complexity index is 718. The van der Waals surface area contributed by atoms with Gasteiger partial charge < -0.3 is 25.7 Å². The summed E-state index contributed by atoms with van der Waals surface area (Å²) in [4.78, 5) is 46.1. The van der Waals surface area contributed by atoms with Crippen LogP contribution in [0.4, 0.5) is 13.2 Å². The molecule has 9 nitrogen and oxygen atoms in total. The molecule has 180 valence electrons. The summed E-state index contributed by atoms with van der Waals surface area (Å²) < 4.78 is 31.7. The van der Waals surface area contributed by atoms with E-state index in [4.69, 9.17) is 21.4 Å². The minimum atomic E-state index is -5.08. The van der Waals surface area contributed by atoms with Crippen LogP contribution in [0, 0.1) is 24.2 Å². The van der Waals surface area contributed by atoms with Crippen LogP contribution in [-0.4, -0.2) is 77.3 Å². The van der Waals surface area contributed by atoms with E-state index in [0.29, 0.717) is 31.8 Å². The molecule has 4 N–H and O–H groups in total. The van der Waals surface area contributed by atoms with Gasteiger partial charge in [0.2, 0.25) is 11.8 Å². The van der Waals surface area contributed by atoms with Gasteiger partial charge in [-0.25, -0.2) is 4.79 Å². The summed E-state index contributed by atoms with van der Waals surface area (Å²) in [7, 11) is 0. The van der Waals surface area contributed by atoms with Crippen molar-refractivity contribution in [3.05, 3.63) is 0 Å². The summed E-state index contributed by atoms with van der Waals surface area (Å²) in [6.45, 7) is 3.17. The second kappa shape index (κ2) is 12.9. The number of hydrogen-bond acceptors (Lipinski definition) is 5. The Balaban J connectivity index is 0.000000633. The number of rotatable bonds is 8. The van der Waals surface area contributed by atoms with Gasteiger partial charge in [-0.3, -0.25) is 14.4 Å². The van der Waals surface area contributed by atoms with Gasteiger partial charge in [0.25, 0.3) is 0 Å². The van der Waals surface area contributed by atoms with Crippen molar-refractivity contribution in [2.75, 3.05) is 26.2 Å². The first-order valence-corrected chi connectivity index (χ1v) is 10.2. The van der Waals surface area contributed by atoms with Crippen LogP contribution in [-0.2, 0) is 19.2 Å². The molecule has 0 bridgehead atoms. The van der Waals surface area contributed by atoms with Crippen molar-refractivity contribution < 1.29 is 42.6 Å². The van der Waals surface area contributed by atoms with E-state index < -0.39 is 24.2 Å². The molecule has 2 amide bonds. The highest BCUT2D eigenvalue weighted by molar-refractivity contribution is 5.82. The molecular formula is C20H28F3N3O6. The Kier molecular flexibility index (Phi) is 11.0. The number of nitrogens with one attached hydrogen (secondary N) is 2. The van der Waals surface area contributed by atoms with E-state index in [9.17, 15) is 27.6 Å². The van der Waals surface area contributed by atoms with Gasteiger partial charge in [0, 0.05) is 19.5 Å². The molecule has 0 aromatic rings. The quantitative estimate of drug-likeness (QED) is 0.392. The topological polar surface area (TPSA) is 136 Å². The maximum atomic E-state index is 12.3. The lowest BCUT2D eigenvalue weighted by molar-refractivity contribution is -0.192. The molecule has 0 unspecified atom stereocenters. The van der Waals surface area contributed by atoms with Crippen molar-refractivity contribution in [2.24, 2.45) is 11.8 Å². The summed E-state index contributed by atoms with van der Waals surface area (Å²) in [5.41, 5.74) is 0. The highest BCUT2D eigenvalue weighted by Crippen LogP contribution is 2.19. The number of hydrogen-bond donors (Lipinski definition) is 4. The van der Waals surface area contributed by atoms with Gasteiger partial charge in [0.1, 0.15) is 6.04 Å². The molecule has 2 aliphatic heterocycles. The average molecular weight is 463 g/mol. The molecule has 0 aliphatic carbocycles. The summed E-state index contributed by atoms with van der Waals surface area (Å²) >= 11 is 0. The number of carbonyl (C=O) groups is 4. The summed E-state index contributed by atoms with van der Waals surface area (Å²) in [5.74, 6) is -1.30. The Morgan fingerprint density at radius 1 is 1.22 bits per heavy atom. The standard InChI is InChI=1S/C18H27N3O4.C2HF3O2/c1-2-15(9-17(23)24)20-18(25)14-6-4-8-21(12-14)16(22)7-3-5-13-10-19-11-13;3-2(4,5)1(6)7/h1,13-15,19H,3-12H2,(H,20,25)(H,23,24);(H,6,7)/t14-,15-;/m1./s1. The van der Waals surface area contributed by atoms with Crippen LogP contribution in [0.15, 0.2) is 0 Å². The molecule has 0 spiro atoms. The smallest absolute Gasteiger partial charge is 0.481 e. The van der Waals surface area contributed by atoms with E-state index >= 15 is 0 Å². The number of carboxylic acid groups (broad SMARTS) is 2. The van der Waals surface area contributed by atoms with Crippen LogP contribution in [0.5, 0.6) is 0 Å². The van der Waals surface area contributed by atoms with E-state index in [2.05, 4.69) is 16.6 Å². The third kappa shape index (κ3) is 10.00. The Hall–Kier alpha value is -2.81. The average Bonchev–Trinajstić information content (AvgIpc) is 2.68. The molecular weight excluding hydrogens is 435 g/mol.